The molecule has 134 valence electrons. The molecule has 0 heterocycles. The van der Waals surface area contributed by atoms with E-state index in [9.17, 15) is 26.3 Å². The summed E-state index contributed by atoms with van der Waals surface area (Å²) in [6.07, 6.45) is -10.1. The number of nitrogens with zero attached hydrogens (tertiary/aromatic N) is 2. The molecule has 2 aromatic rings. The van der Waals surface area contributed by atoms with Crippen molar-refractivity contribution in [3.63, 3.8) is 0 Å². The lowest BCUT2D eigenvalue weighted by Crippen LogP contribution is -2.44. The maximum atomic E-state index is 13.9. The van der Waals surface area contributed by atoms with Gasteiger partial charge in [0.25, 0.3) is 12.1 Å². The van der Waals surface area contributed by atoms with Gasteiger partial charge >= 0.3 is 6.18 Å². The van der Waals surface area contributed by atoms with Crippen LogP contribution in [0.1, 0.15) is 16.7 Å². The molecule has 0 saturated carbocycles. The quantitative estimate of drug-likeness (QED) is 0.694. The average Bonchev–Trinajstić information content (AvgIpc) is 2.60. The summed E-state index contributed by atoms with van der Waals surface area (Å²) in [6.45, 7) is 0. The van der Waals surface area contributed by atoms with Crippen molar-refractivity contribution in [2.75, 3.05) is 0 Å². The maximum Gasteiger partial charge on any atom is 0.432 e. The Hall–Kier alpha value is -3.20. The van der Waals surface area contributed by atoms with E-state index in [2.05, 4.69) is 0 Å². The molecule has 0 radical (unpaired) electrons. The van der Waals surface area contributed by atoms with Crippen LogP contribution in [-0.4, -0.2) is 12.6 Å². The first-order valence-electron chi connectivity index (χ1n) is 6.90. The average molecular weight is 370 g/mol. The molecular formula is C17H8F6N2O. The van der Waals surface area contributed by atoms with Crippen LogP contribution in [0.3, 0.4) is 0 Å². The lowest BCUT2D eigenvalue weighted by atomic mass is 9.95. The Balaban J connectivity index is 2.31. The van der Waals surface area contributed by atoms with Crippen molar-refractivity contribution in [3.05, 3.63) is 59.2 Å². The van der Waals surface area contributed by atoms with Gasteiger partial charge in [-0.05, 0) is 30.3 Å². The number of nitriles is 2. The van der Waals surface area contributed by atoms with E-state index in [1.807, 2.05) is 0 Å². The molecule has 1 atom stereocenters. The first-order chi connectivity index (χ1) is 12.1. The summed E-state index contributed by atoms with van der Waals surface area (Å²) in [4.78, 5) is 0. The minimum atomic E-state index is -5.79. The number of hydrogen-bond acceptors (Lipinski definition) is 3. The Kier molecular flexibility index (Phi) is 5.12. The summed E-state index contributed by atoms with van der Waals surface area (Å²) < 4.78 is 82.7. The van der Waals surface area contributed by atoms with Gasteiger partial charge in [0.05, 0.1) is 11.1 Å². The fraction of sp³-hybridized carbons (Fsp3) is 0.176. The van der Waals surface area contributed by atoms with Crippen molar-refractivity contribution in [1.82, 2.24) is 0 Å². The Morgan fingerprint density at radius 2 is 1.35 bits per heavy atom. The number of benzene rings is 2. The van der Waals surface area contributed by atoms with E-state index in [-0.39, 0.29) is 22.6 Å². The summed E-state index contributed by atoms with van der Waals surface area (Å²) >= 11 is 0. The topological polar surface area (TPSA) is 56.8 Å². The molecule has 2 aromatic carbocycles. The largest absolute Gasteiger partial charge is 0.457 e. The van der Waals surface area contributed by atoms with Gasteiger partial charge in [-0.15, -0.1) is 0 Å². The molecule has 0 aliphatic rings. The minimum Gasteiger partial charge on any atom is -0.457 e. The molecule has 0 spiro atoms. The van der Waals surface area contributed by atoms with Gasteiger partial charge in [-0.2, -0.15) is 23.7 Å². The zero-order chi connectivity index (χ0) is 19.5. The van der Waals surface area contributed by atoms with E-state index in [0.29, 0.717) is 12.1 Å². The van der Waals surface area contributed by atoms with Crippen molar-refractivity contribution >= 4 is 0 Å². The Morgan fingerprint density at radius 1 is 0.808 bits per heavy atom. The Morgan fingerprint density at radius 3 is 1.81 bits per heavy atom. The van der Waals surface area contributed by atoms with Gasteiger partial charge < -0.3 is 4.74 Å². The molecule has 1 unspecified atom stereocenters. The highest BCUT2D eigenvalue weighted by atomic mass is 19.4. The van der Waals surface area contributed by atoms with Crippen LogP contribution in [0.2, 0.25) is 0 Å². The van der Waals surface area contributed by atoms with Gasteiger partial charge in [-0.25, -0.2) is 13.2 Å². The van der Waals surface area contributed by atoms with Gasteiger partial charge in [0.1, 0.15) is 23.6 Å². The Labute approximate surface area is 143 Å². The van der Waals surface area contributed by atoms with Crippen molar-refractivity contribution < 1.29 is 31.1 Å². The lowest BCUT2D eigenvalue weighted by molar-refractivity contribution is -0.274. The van der Waals surface area contributed by atoms with E-state index in [0.717, 1.165) is 12.1 Å². The van der Waals surface area contributed by atoms with E-state index in [1.54, 1.807) is 12.1 Å². The molecule has 0 aliphatic heterocycles. The van der Waals surface area contributed by atoms with Crippen LogP contribution in [0.5, 0.6) is 11.5 Å². The third-order valence-corrected chi connectivity index (χ3v) is 3.46. The highest BCUT2D eigenvalue weighted by molar-refractivity contribution is 5.50. The zero-order valence-electron chi connectivity index (χ0n) is 12.7. The minimum absolute atomic E-state index is 0.0131. The van der Waals surface area contributed by atoms with Gasteiger partial charge in [0.2, 0.25) is 0 Å². The molecule has 9 heteroatoms. The number of alkyl halides is 6. The first kappa shape index (κ1) is 19.1. The zero-order valence-corrected chi connectivity index (χ0v) is 12.7. The van der Waals surface area contributed by atoms with Crippen molar-refractivity contribution in [1.29, 1.82) is 10.5 Å². The Bertz CT molecular complexity index is 880. The maximum absolute atomic E-state index is 13.9. The first-order valence-corrected chi connectivity index (χ1v) is 6.90. The van der Waals surface area contributed by atoms with E-state index in [1.165, 1.54) is 18.2 Å². The van der Waals surface area contributed by atoms with E-state index in [4.69, 9.17) is 15.3 Å². The third kappa shape index (κ3) is 3.42. The second kappa shape index (κ2) is 6.96. The molecule has 0 N–H and O–H groups in total. The van der Waals surface area contributed by atoms with Crippen LogP contribution in [0, 0.1) is 22.7 Å². The van der Waals surface area contributed by atoms with Crippen molar-refractivity contribution in [3.8, 4) is 23.6 Å². The summed E-state index contributed by atoms with van der Waals surface area (Å²) in [5.41, 5.74) is -5.95. The normalized spacial score (nSPS) is 13.6. The number of halogens is 6. The predicted octanol–water partition coefficient (Wildman–Crippen LogP) is 5.21. The summed E-state index contributed by atoms with van der Waals surface area (Å²) in [6, 6.07) is 10.3. The monoisotopic (exact) mass is 370 g/mol. The highest BCUT2D eigenvalue weighted by Crippen LogP contribution is 2.47. The van der Waals surface area contributed by atoms with Crippen LogP contribution in [-0.2, 0) is 5.67 Å². The number of ether oxygens (including phenoxy) is 1. The lowest BCUT2D eigenvalue weighted by Gasteiger charge is -2.27. The number of hydrogen-bond donors (Lipinski definition) is 0. The molecule has 0 aliphatic carbocycles. The van der Waals surface area contributed by atoms with Gasteiger partial charge in [-0.1, -0.05) is 12.1 Å². The molecule has 26 heavy (non-hydrogen) atoms. The van der Waals surface area contributed by atoms with Gasteiger partial charge in [0.15, 0.2) is 0 Å². The second-order valence-electron chi connectivity index (χ2n) is 5.07. The second-order valence-corrected chi connectivity index (χ2v) is 5.07. The van der Waals surface area contributed by atoms with Crippen LogP contribution in [0.25, 0.3) is 0 Å². The van der Waals surface area contributed by atoms with Gasteiger partial charge in [0, 0.05) is 5.56 Å². The highest BCUT2D eigenvalue weighted by Gasteiger charge is 2.63. The molecule has 0 aromatic heterocycles. The SMILES string of the molecule is N#Cc1ccc(Oc2ccc(C(F)(C(F)F)C(F)(F)F)cc2)cc1C#N. The molecule has 0 amide bonds. The standard InChI is InChI=1S/C17H8F6N2O/c18-15(19)16(20,17(21,22)23)12-2-5-13(6-3-12)26-14-4-1-10(8-24)11(7-14)9-25/h1-7,15H. The van der Waals surface area contributed by atoms with Crippen molar-refractivity contribution in [2.45, 2.75) is 18.3 Å². The van der Waals surface area contributed by atoms with Crippen LogP contribution >= 0.6 is 0 Å². The third-order valence-electron chi connectivity index (χ3n) is 3.46. The summed E-state index contributed by atoms with van der Waals surface area (Å²) in [7, 11) is 0. The summed E-state index contributed by atoms with van der Waals surface area (Å²) in [5.74, 6) is 0.0191. The van der Waals surface area contributed by atoms with Crippen LogP contribution in [0.4, 0.5) is 26.3 Å². The molecule has 0 fully saturated rings. The molecule has 3 nitrogen and oxygen atoms in total. The van der Waals surface area contributed by atoms with Gasteiger partial charge in [-0.3, -0.25) is 0 Å². The number of rotatable bonds is 4. The molecular weight excluding hydrogens is 362 g/mol. The van der Waals surface area contributed by atoms with E-state index < -0.39 is 23.8 Å². The molecule has 0 bridgehead atoms. The van der Waals surface area contributed by atoms with Crippen LogP contribution in [0.15, 0.2) is 42.5 Å². The predicted molar refractivity (Wildman–Crippen MR) is 77.2 cm³/mol. The fourth-order valence-corrected chi connectivity index (χ4v) is 2.09. The molecule has 0 saturated heterocycles. The molecule has 2 rings (SSSR count). The smallest absolute Gasteiger partial charge is 0.432 e. The summed E-state index contributed by atoms with van der Waals surface area (Å²) in [5, 5.41) is 17.7. The fourth-order valence-electron chi connectivity index (χ4n) is 2.09. The van der Waals surface area contributed by atoms with Crippen molar-refractivity contribution in [2.24, 2.45) is 0 Å². The van der Waals surface area contributed by atoms with E-state index >= 15 is 0 Å². The van der Waals surface area contributed by atoms with Crippen LogP contribution < -0.4 is 4.74 Å².